The Bertz CT molecular complexity index is 2110. The fraction of sp³-hybridized carbons (Fsp3) is 0. The highest BCUT2D eigenvalue weighted by Gasteiger charge is 2.16. The highest BCUT2D eigenvalue weighted by Crippen LogP contribution is 2.34. The molecule has 8 rings (SSSR count). The molecule has 39 heavy (non-hydrogen) atoms. The molecule has 0 atom stereocenters. The van der Waals surface area contributed by atoms with E-state index in [1.807, 2.05) is 60.7 Å². The Morgan fingerprint density at radius 3 is 1.59 bits per heavy atom. The molecule has 5 aromatic carbocycles. The molecule has 0 aliphatic carbocycles. The summed E-state index contributed by atoms with van der Waals surface area (Å²) in [5.74, 6) is 1.92. The predicted octanol–water partition coefficient (Wildman–Crippen LogP) is 7.98. The van der Waals surface area contributed by atoms with Crippen molar-refractivity contribution in [3.05, 3.63) is 127 Å². The van der Waals surface area contributed by atoms with E-state index < -0.39 is 0 Å². The van der Waals surface area contributed by atoms with Gasteiger partial charge in [0.05, 0.1) is 16.6 Å². The molecule has 0 spiro atoms. The minimum atomic E-state index is 0.629. The lowest BCUT2D eigenvalue weighted by Gasteiger charge is -2.10. The van der Waals surface area contributed by atoms with Gasteiger partial charge in [-0.05, 0) is 29.7 Å². The lowest BCUT2D eigenvalue weighted by atomic mass is 10.1. The average Bonchev–Trinajstić information content (AvgIpc) is 3.41. The molecular weight excluding hydrogens is 478 g/mol. The van der Waals surface area contributed by atoms with E-state index in [0.717, 1.165) is 44.3 Å². The fourth-order valence-corrected chi connectivity index (χ4v) is 5.39. The van der Waals surface area contributed by atoms with Gasteiger partial charge in [-0.1, -0.05) is 103 Å². The Morgan fingerprint density at radius 2 is 0.923 bits per heavy atom. The summed E-state index contributed by atoms with van der Waals surface area (Å²) in [4.78, 5) is 19.8. The molecule has 0 saturated heterocycles. The second kappa shape index (κ2) is 8.57. The molecule has 5 nitrogen and oxygen atoms in total. The third-order valence-corrected chi connectivity index (χ3v) is 7.22. The predicted molar refractivity (Wildman–Crippen MR) is 157 cm³/mol. The van der Waals surface area contributed by atoms with Gasteiger partial charge in [-0.2, -0.15) is 0 Å². The quantitative estimate of drug-likeness (QED) is 0.231. The molecule has 0 aliphatic heterocycles. The second-order valence-corrected chi connectivity index (χ2v) is 9.58. The summed E-state index contributed by atoms with van der Waals surface area (Å²) in [5.41, 5.74) is 6.84. The van der Waals surface area contributed by atoms with Gasteiger partial charge in [0.2, 0.25) is 0 Å². The molecule has 3 heterocycles. The van der Waals surface area contributed by atoms with Crippen LogP contribution >= 0.6 is 0 Å². The van der Waals surface area contributed by atoms with E-state index >= 15 is 0 Å². The molecule has 0 N–H and O–H groups in total. The standard InChI is InChI=1S/C34H21N5/c1-3-11-22(12-4-1)31-36-32(23-13-5-2-6-14-23)38-33(37-31)24-19-20-28-30(21-24)39-29-18-10-9-16-26(29)25-15-7-8-17-27(25)34(39)35-28/h1-21H. The molecule has 5 heteroatoms. The van der Waals surface area contributed by atoms with Crippen LogP contribution in [-0.4, -0.2) is 24.3 Å². The van der Waals surface area contributed by atoms with Gasteiger partial charge in [0.15, 0.2) is 17.5 Å². The first-order chi connectivity index (χ1) is 19.3. The van der Waals surface area contributed by atoms with Crippen molar-refractivity contribution in [3.63, 3.8) is 0 Å². The molecule has 3 aromatic heterocycles. The molecule has 8 aromatic rings. The van der Waals surface area contributed by atoms with Gasteiger partial charge < -0.3 is 0 Å². The van der Waals surface area contributed by atoms with E-state index in [4.69, 9.17) is 19.9 Å². The maximum absolute atomic E-state index is 5.07. The summed E-state index contributed by atoms with van der Waals surface area (Å²) in [6.45, 7) is 0. The third-order valence-electron chi connectivity index (χ3n) is 7.22. The van der Waals surface area contributed by atoms with E-state index in [-0.39, 0.29) is 0 Å². The van der Waals surface area contributed by atoms with Crippen molar-refractivity contribution in [2.75, 3.05) is 0 Å². The lowest BCUT2D eigenvalue weighted by Crippen LogP contribution is -2.00. The lowest BCUT2D eigenvalue weighted by molar-refractivity contribution is 1.07. The Kier molecular flexibility index (Phi) is 4.76. The fourth-order valence-electron chi connectivity index (χ4n) is 5.39. The van der Waals surface area contributed by atoms with E-state index in [1.54, 1.807) is 0 Å². The zero-order chi connectivity index (χ0) is 25.8. The van der Waals surface area contributed by atoms with Gasteiger partial charge in [0.25, 0.3) is 0 Å². The summed E-state index contributed by atoms with van der Waals surface area (Å²) in [7, 11) is 0. The van der Waals surface area contributed by atoms with Crippen LogP contribution in [0.3, 0.4) is 0 Å². The average molecular weight is 500 g/mol. The maximum Gasteiger partial charge on any atom is 0.164 e. The van der Waals surface area contributed by atoms with Crippen LogP contribution in [0.15, 0.2) is 127 Å². The smallest absolute Gasteiger partial charge is 0.164 e. The maximum atomic E-state index is 5.07. The van der Waals surface area contributed by atoms with E-state index in [1.165, 1.54) is 10.8 Å². The Hall–Kier alpha value is -5.42. The number of pyridine rings is 1. The van der Waals surface area contributed by atoms with Crippen LogP contribution in [0.4, 0.5) is 0 Å². The molecule has 0 radical (unpaired) electrons. The number of fused-ring (bicyclic) bond motifs is 8. The van der Waals surface area contributed by atoms with Crippen molar-refractivity contribution in [2.45, 2.75) is 0 Å². The van der Waals surface area contributed by atoms with Crippen molar-refractivity contribution in [3.8, 4) is 34.2 Å². The zero-order valence-corrected chi connectivity index (χ0v) is 20.9. The molecule has 0 fully saturated rings. The van der Waals surface area contributed by atoms with E-state index in [0.29, 0.717) is 17.5 Å². The van der Waals surface area contributed by atoms with Crippen LogP contribution in [0.2, 0.25) is 0 Å². The van der Waals surface area contributed by atoms with Gasteiger partial charge in [-0.3, -0.25) is 4.40 Å². The summed E-state index contributed by atoms with van der Waals surface area (Å²) in [5, 5.41) is 3.53. The molecule has 0 unspecified atom stereocenters. The van der Waals surface area contributed by atoms with Crippen LogP contribution in [0.5, 0.6) is 0 Å². The molecule has 0 aliphatic rings. The molecule has 0 bridgehead atoms. The number of rotatable bonds is 3. The van der Waals surface area contributed by atoms with Gasteiger partial charge in [-0.25, -0.2) is 19.9 Å². The Morgan fingerprint density at radius 1 is 0.385 bits per heavy atom. The number of imidazole rings is 1. The topological polar surface area (TPSA) is 56.0 Å². The summed E-state index contributed by atoms with van der Waals surface area (Å²) in [6, 6.07) is 43.3. The van der Waals surface area contributed by atoms with Crippen molar-refractivity contribution < 1.29 is 0 Å². The van der Waals surface area contributed by atoms with E-state index in [2.05, 4.69) is 71.1 Å². The molecule has 182 valence electrons. The van der Waals surface area contributed by atoms with Crippen LogP contribution in [0.25, 0.3) is 72.5 Å². The van der Waals surface area contributed by atoms with Crippen molar-refractivity contribution >= 4 is 38.4 Å². The number of aromatic nitrogens is 5. The van der Waals surface area contributed by atoms with Crippen LogP contribution in [0, 0.1) is 0 Å². The second-order valence-electron chi connectivity index (χ2n) is 9.58. The number of hydrogen-bond donors (Lipinski definition) is 0. The molecule has 0 amide bonds. The Labute approximate surface area is 224 Å². The largest absolute Gasteiger partial charge is 0.292 e. The Balaban J connectivity index is 1.41. The number of nitrogens with zero attached hydrogens (tertiary/aromatic N) is 5. The monoisotopic (exact) mass is 499 g/mol. The number of hydrogen-bond acceptors (Lipinski definition) is 4. The normalized spacial score (nSPS) is 11.6. The van der Waals surface area contributed by atoms with Crippen LogP contribution in [0.1, 0.15) is 0 Å². The summed E-state index contributed by atoms with van der Waals surface area (Å²) in [6.07, 6.45) is 0. The number of benzene rings is 5. The zero-order valence-electron chi connectivity index (χ0n) is 20.9. The van der Waals surface area contributed by atoms with Crippen LogP contribution in [-0.2, 0) is 0 Å². The SMILES string of the molecule is c1ccc(-c2nc(-c3ccccc3)nc(-c3ccc4nc5c6ccccc6c6ccccc6n5c4c3)n2)cc1. The first kappa shape index (κ1) is 21.6. The van der Waals surface area contributed by atoms with Crippen molar-refractivity contribution in [1.82, 2.24) is 24.3 Å². The van der Waals surface area contributed by atoms with Gasteiger partial charge in [0.1, 0.15) is 5.65 Å². The summed E-state index contributed by atoms with van der Waals surface area (Å²) >= 11 is 0. The highest BCUT2D eigenvalue weighted by atomic mass is 15.0. The van der Waals surface area contributed by atoms with Gasteiger partial charge >= 0.3 is 0 Å². The van der Waals surface area contributed by atoms with Crippen molar-refractivity contribution in [1.29, 1.82) is 0 Å². The first-order valence-electron chi connectivity index (χ1n) is 12.9. The van der Waals surface area contributed by atoms with Crippen molar-refractivity contribution in [2.24, 2.45) is 0 Å². The summed E-state index contributed by atoms with van der Waals surface area (Å²) < 4.78 is 2.26. The molecular formula is C34H21N5. The van der Waals surface area contributed by atoms with Gasteiger partial charge in [-0.15, -0.1) is 0 Å². The first-order valence-corrected chi connectivity index (χ1v) is 12.9. The van der Waals surface area contributed by atoms with E-state index in [9.17, 15) is 0 Å². The number of para-hydroxylation sites is 1. The van der Waals surface area contributed by atoms with Gasteiger partial charge in [0, 0.05) is 27.5 Å². The van der Waals surface area contributed by atoms with Crippen LogP contribution < -0.4 is 0 Å². The highest BCUT2D eigenvalue weighted by molar-refractivity contribution is 6.13. The minimum absolute atomic E-state index is 0.629. The minimum Gasteiger partial charge on any atom is -0.292 e. The third kappa shape index (κ3) is 3.48. The molecule has 0 saturated carbocycles.